The Morgan fingerprint density at radius 1 is 1.50 bits per heavy atom. The molecule has 1 saturated heterocycles. The molecule has 0 saturated carbocycles. The van der Waals surface area contributed by atoms with Crippen molar-refractivity contribution in [1.82, 2.24) is 15.2 Å². The lowest BCUT2D eigenvalue weighted by molar-refractivity contribution is -0.135. The van der Waals surface area contributed by atoms with Crippen LogP contribution in [-0.4, -0.2) is 35.4 Å². The molecule has 4 nitrogen and oxygen atoms in total. The zero-order chi connectivity index (χ0) is 15.8. The van der Waals surface area contributed by atoms with Gasteiger partial charge in [-0.2, -0.15) is 0 Å². The number of nitrogens with zero attached hydrogens (tertiary/aromatic N) is 2. The van der Waals surface area contributed by atoms with E-state index in [0.29, 0.717) is 18.2 Å². The molecule has 2 rings (SSSR count). The summed E-state index contributed by atoms with van der Waals surface area (Å²) in [5.41, 5.74) is 1.13. The highest BCUT2D eigenvalue weighted by Crippen LogP contribution is 2.25. The third-order valence-electron chi connectivity index (χ3n) is 4.64. The number of hydrogen-bond acceptors (Lipinski definition) is 3. The van der Waals surface area contributed by atoms with Crippen molar-refractivity contribution in [3.63, 3.8) is 0 Å². The number of carbonyl (C=O) groups excluding carboxylic acids is 1. The molecule has 0 aromatic carbocycles. The number of amides is 1. The molecule has 4 heteroatoms. The van der Waals surface area contributed by atoms with Gasteiger partial charge in [0.25, 0.3) is 0 Å². The molecule has 1 N–H and O–H groups in total. The molecule has 2 unspecified atom stereocenters. The number of unbranched alkanes of at least 4 members (excludes halogenated alkanes) is 1. The second kappa shape index (κ2) is 8.89. The SMILES string of the molecule is CCCCC(CC)CC(=O)N1CCNCC1c1cccnc1. The third-order valence-corrected chi connectivity index (χ3v) is 4.64. The first kappa shape index (κ1) is 16.9. The van der Waals surface area contributed by atoms with E-state index < -0.39 is 0 Å². The quantitative estimate of drug-likeness (QED) is 0.841. The van der Waals surface area contributed by atoms with Gasteiger partial charge in [-0.25, -0.2) is 0 Å². The standard InChI is InChI=1S/C18H29N3O/c1-3-5-7-15(4-2)12-18(22)21-11-10-20-14-17(21)16-8-6-9-19-13-16/h6,8-9,13,15,17,20H,3-5,7,10-12,14H2,1-2H3. The summed E-state index contributed by atoms with van der Waals surface area (Å²) < 4.78 is 0. The van der Waals surface area contributed by atoms with Crippen molar-refractivity contribution in [2.75, 3.05) is 19.6 Å². The molecule has 2 atom stereocenters. The Morgan fingerprint density at radius 2 is 2.36 bits per heavy atom. The molecule has 1 aliphatic rings. The van der Waals surface area contributed by atoms with Crippen molar-refractivity contribution < 1.29 is 4.79 Å². The fourth-order valence-electron chi connectivity index (χ4n) is 3.18. The van der Waals surface area contributed by atoms with Gasteiger partial charge in [-0.15, -0.1) is 0 Å². The Labute approximate surface area is 134 Å². The Hall–Kier alpha value is -1.42. The predicted molar refractivity (Wildman–Crippen MR) is 89.5 cm³/mol. The molecule has 1 fully saturated rings. The molecule has 122 valence electrons. The van der Waals surface area contributed by atoms with Crippen molar-refractivity contribution in [3.8, 4) is 0 Å². The Kier molecular flexibility index (Phi) is 6.84. The van der Waals surface area contributed by atoms with E-state index in [9.17, 15) is 4.79 Å². The van der Waals surface area contributed by atoms with E-state index in [2.05, 4.69) is 35.1 Å². The molecular formula is C18H29N3O. The molecule has 22 heavy (non-hydrogen) atoms. The van der Waals surface area contributed by atoms with Crippen LogP contribution in [0.2, 0.25) is 0 Å². The van der Waals surface area contributed by atoms with E-state index in [1.807, 2.05) is 12.3 Å². The molecule has 1 amide bonds. The number of hydrogen-bond donors (Lipinski definition) is 1. The van der Waals surface area contributed by atoms with Crippen molar-refractivity contribution >= 4 is 5.91 Å². The minimum Gasteiger partial charge on any atom is -0.333 e. The van der Waals surface area contributed by atoms with Crippen LogP contribution in [0.5, 0.6) is 0 Å². The van der Waals surface area contributed by atoms with E-state index in [1.54, 1.807) is 6.20 Å². The van der Waals surface area contributed by atoms with Crippen LogP contribution in [0.1, 0.15) is 57.6 Å². The van der Waals surface area contributed by atoms with Gasteiger partial charge >= 0.3 is 0 Å². The minimum atomic E-state index is 0.124. The van der Waals surface area contributed by atoms with Gasteiger partial charge in [0, 0.05) is 38.4 Å². The molecule has 0 radical (unpaired) electrons. The average Bonchev–Trinajstić information content (AvgIpc) is 2.59. The average molecular weight is 303 g/mol. The Balaban J connectivity index is 2.02. The first-order chi connectivity index (χ1) is 10.8. The van der Waals surface area contributed by atoms with Crippen LogP contribution in [0.4, 0.5) is 0 Å². The van der Waals surface area contributed by atoms with Gasteiger partial charge in [0.2, 0.25) is 5.91 Å². The topological polar surface area (TPSA) is 45.2 Å². The van der Waals surface area contributed by atoms with Gasteiger partial charge in [-0.1, -0.05) is 39.2 Å². The largest absolute Gasteiger partial charge is 0.333 e. The van der Waals surface area contributed by atoms with Gasteiger partial charge in [-0.3, -0.25) is 9.78 Å². The smallest absolute Gasteiger partial charge is 0.223 e. The van der Waals surface area contributed by atoms with E-state index in [4.69, 9.17) is 0 Å². The molecule has 1 aliphatic heterocycles. The van der Waals surface area contributed by atoms with Gasteiger partial charge < -0.3 is 10.2 Å². The van der Waals surface area contributed by atoms with Gasteiger partial charge in [0.05, 0.1) is 6.04 Å². The maximum Gasteiger partial charge on any atom is 0.223 e. The highest BCUT2D eigenvalue weighted by Gasteiger charge is 2.28. The van der Waals surface area contributed by atoms with Crippen LogP contribution in [0, 0.1) is 5.92 Å². The fourth-order valence-corrected chi connectivity index (χ4v) is 3.18. The minimum absolute atomic E-state index is 0.124. The van der Waals surface area contributed by atoms with Crippen LogP contribution in [0.25, 0.3) is 0 Å². The molecule has 0 spiro atoms. The number of piperazine rings is 1. The number of rotatable bonds is 7. The summed E-state index contributed by atoms with van der Waals surface area (Å²) >= 11 is 0. The van der Waals surface area contributed by atoms with Crippen molar-refractivity contribution in [3.05, 3.63) is 30.1 Å². The maximum absolute atomic E-state index is 12.8. The molecule has 2 heterocycles. The van der Waals surface area contributed by atoms with Crippen LogP contribution >= 0.6 is 0 Å². The number of nitrogens with one attached hydrogen (secondary N) is 1. The molecule has 1 aromatic heterocycles. The fraction of sp³-hybridized carbons (Fsp3) is 0.667. The monoisotopic (exact) mass is 303 g/mol. The van der Waals surface area contributed by atoms with Gasteiger partial charge in [0.15, 0.2) is 0 Å². The molecule has 0 bridgehead atoms. The summed E-state index contributed by atoms with van der Waals surface area (Å²) in [6, 6.07) is 4.14. The highest BCUT2D eigenvalue weighted by molar-refractivity contribution is 5.77. The lowest BCUT2D eigenvalue weighted by Gasteiger charge is -2.37. The van der Waals surface area contributed by atoms with Crippen LogP contribution in [0.15, 0.2) is 24.5 Å². The van der Waals surface area contributed by atoms with E-state index in [-0.39, 0.29) is 6.04 Å². The van der Waals surface area contributed by atoms with Crippen LogP contribution in [0.3, 0.4) is 0 Å². The first-order valence-electron chi connectivity index (χ1n) is 8.66. The lowest BCUT2D eigenvalue weighted by atomic mass is 9.94. The second-order valence-electron chi connectivity index (χ2n) is 6.21. The zero-order valence-electron chi connectivity index (χ0n) is 13.9. The second-order valence-corrected chi connectivity index (χ2v) is 6.21. The number of pyridine rings is 1. The van der Waals surface area contributed by atoms with Crippen molar-refractivity contribution in [2.45, 2.75) is 52.0 Å². The lowest BCUT2D eigenvalue weighted by Crippen LogP contribution is -2.49. The molecule has 0 aliphatic carbocycles. The molecular weight excluding hydrogens is 274 g/mol. The normalized spacial score (nSPS) is 19.9. The summed E-state index contributed by atoms with van der Waals surface area (Å²) in [5.74, 6) is 0.829. The Bertz CT molecular complexity index is 449. The summed E-state index contributed by atoms with van der Waals surface area (Å²) in [4.78, 5) is 19.1. The third kappa shape index (κ3) is 4.54. The van der Waals surface area contributed by atoms with E-state index in [1.165, 1.54) is 19.3 Å². The van der Waals surface area contributed by atoms with Crippen molar-refractivity contribution in [1.29, 1.82) is 0 Å². The summed E-state index contributed by atoms with van der Waals surface area (Å²) in [6.45, 7) is 6.91. The predicted octanol–water partition coefficient (Wildman–Crippen LogP) is 3.16. The maximum atomic E-state index is 12.8. The van der Waals surface area contributed by atoms with Crippen molar-refractivity contribution in [2.24, 2.45) is 5.92 Å². The highest BCUT2D eigenvalue weighted by atomic mass is 16.2. The van der Waals surface area contributed by atoms with Crippen LogP contribution < -0.4 is 5.32 Å². The number of aromatic nitrogens is 1. The summed E-state index contributed by atoms with van der Waals surface area (Å²) in [7, 11) is 0. The summed E-state index contributed by atoms with van der Waals surface area (Å²) in [5, 5.41) is 3.40. The van der Waals surface area contributed by atoms with Gasteiger partial charge in [-0.05, 0) is 24.0 Å². The van der Waals surface area contributed by atoms with E-state index >= 15 is 0 Å². The van der Waals surface area contributed by atoms with E-state index in [0.717, 1.165) is 31.6 Å². The molecule has 1 aromatic rings. The van der Waals surface area contributed by atoms with Crippen LogP contribution in [-0.2, 0) is 4.79 Å². The van der Waals surface area contributed by atoms with Gasteiger partial charge in [0.1, 0.15) is 0 Å². The number of carbonyl (C=O) groups is 1. The summed E-state index contributed by atoms with van der Waals surface area (Å²) in [6.07, 6.45) is 9.04. The Morgan fingerprint density at radius 3 is 3.05 bits per heavy atom. The first-order valence-corrected chi connectivity index (χ1v) is 8.66. The zero-order valence-corrected chi connectivity index (χ0v) is 13.9.